The number of carbonyl (C=O) groups is 2. The third-order valence-electron chi connectivity index (χ3n) is 3.90. The van der Waals surface area contributed by atoms with Gasteiger partial charge in [-0.25, -0.2) is 4.98 Å². The number of rotatable bonds is 6. The van der Waals surface area contributed by atoms with E-state index in [9.17, 15) is 19.7 Å². The number of fused-ring (bicyclic) bond motifs is 1. The summed E-state index contributed by atoms with van der Waals surface area (Å²) < 4.78 is 2.01. The number of amides is 2. The van der Waals surface area contributed by atoms with Gasteiger partial charge in [0.15, 0.2) is 5.16 Å². The SMILES string of the molecule is CCn1c(SCC(=O)NNC(=O)c2cccc([N+](=O)[O-])c2)nc2ccccc21. The molecule has 9 nitrogen and oxygen atoms in total. The molecule has 0 bridgehead atoms. The van der Waals surface area contributed by atoms with Crippen molar-refractivity contribution >= 4 is 40.3 Å². The van der Waals surface area contributed by atoms with Gasteiger partial charge in [0.1, 0.15) is 0 Å². The lowest BCUT2D eigenvalue weighted by atomic mass is 10.2. The van der Waals surface area contributed by atoms with Crippen molar-refractivity contribution in [3.8, 4) is 0 Å². The Hall–Kier alpha value is -3.40. The molecule has 10 heteroatoms. The van der Waals surface area contributed by atoms with Gasteiger partial charge in [-0.3, -0.25) is 30.6 Å². The van der Waals surface area contributed by atoms with Crippen molar-refractivity contribution in [2.24, 2.45) is 0 Å². The molecule has 0 unspecified atom stereocenters. The number of non-ortho nitro benzene ring substituents is 1. The largest absolute Gasteiger partial charge is 0.319 e. The van der Waals surface area contributed by atoms with Gasteiger partial charge in [0.2, 0.25) is 5.91 Å². The summed E-state index contributed by atoms with van der Waals surface area (Å²) >= 11 is 1.26. The molecule has 0 aliphatic carbocycles. The molecule has 0 aliphatic rings. The van der Waals surface area contributed by atoms with Gasteiger partial charge in [-0.2, -0.15) is 0 Å². The molecule has 3 rings (SSSR count). The molecule has 0 aliphatic heterocycles. The maximum atomic E-state index is 12.1. The minimum Gasteiger partial charge on any atom is -0.319 e. The van der Waals surface area contributed by atoms with Crippen molar-refractivity contribution in [3.05, 3.63) is 64.2 Å². The zero-order valence-electron chi connectivity index (χ0n) is 14.9. The van der Waals surface area contributed by atoms with E-state index in [1.54, 1.807) is 0 Å². The highest BCUT2D eigenvalue weighted by Gasteiger charge is 2.14. The second-order valence-corrected chi connectivity index (χ2v) is 6.67. The third-order valence-corrected chi connectivity index (χ3v) is 4.88. The lowest BCUT2D eigenvalue weighted by molar-refractivity contribution is -0.384. The van der Waals surface area contributed by atoms with Crippen molar-refractivity contribution in [3.63, 3.8) is 0 Å². The number of carbonyl (C=O) groups excluding carboxylic acids is 2. The van der Waals surface area contributed by atoms with Crippen LogP contribution in [0.5, 0.6) is 0 Å². The number of nitrogens with zero attached hydrogens (tertiary/aromatic N) is 3. The number of nitro benzene ring substituents is 1. The molecule has 0 spiro atoms. The summed E-state index contributed by atoms with van der Waals surface area (Å²) in [6.07, 6.45) is 0. The number of aryl methyl sites for hydroxylation is 1. The van der Waals surface area contributed by atoms with Crippen LogP contribution in [0, 0.1) is 10.1 Å². The van der Waals surface area contributed by atoms with Gasteiger partial charge in [0, 0.05) is 24.2 Å². The van der Waals surface area contributed by atoms with E-state index < -0.39 is 16.7 Å². The number of thioether (sulfide) groups is 1. The molecule has 1 aromatic heterocycles. The smallest absolute Gasteiger partial charge is 0.270 e. The molecule has 2 amide bonds. The molecule has 0 atom stereocenters. The van der Waals surface area contributed by atoms with Crippen LogP contribution in [0.2, 0.25) is 0 Å². The summed E-state index contributed by atoms with van der Waals surface area (Å²) in [6.45, 7) is 2.71. The van der Waals surface area contributed by atoms with E-state index in [0.29, 0.717) is 11.7 Å². The van der Waals surface area contributed by atoms with Crippen LogP contribution in [0.3, 0.4) is 0 Å². The summed E-state index contributed by atoms with van der Waals surface area (Å²) in [4.78, 5) is 38.8. The second-order valence-electron chi connectivity index (χ2n) is 5.73. The van der Waals surface area contributed by atoms with E-state index in [4.69, 9.17) is 0 Å². The molecule has 0 radical (unpaired) electrons. The zero-order chi connectivity index (χ0) is 20.1. The summed E-state index contributed by atoms with van der Waals surface area (Å²) in [5.41, 5.74) is 6.28. The fourth-order valence-electron chi connectivity index (χ4n) is 2.59. The van der Waals surface area contributed by atoms with Crippen LogP contribution in [0.4, 0.5) is 5.69 Å². The van der Waals surface area contributed by atoms with E-state index in [-0.39, 0.29) is 17.0 Å². The summed E-state index contributed by atoms with van der Waals surface area (Å²) in [5, 5.41) is 11.5. The van der Waals surface area contributed by atoms with Gasteiger partial charge < -0.3 is 4.57 Å². The van der Waals surface area contributed by atoms with Crippen LogP contribution in [-0.4, -0.2) is 32.0 Å². The predicted molar refractivity (Wildman–Crippen MR) is 105 cm³/mol. The van der Waals surface area contributed by atoms with E-state index >= 15 is 0 Å². The molecular weight excluding hydrogens is 382 g/mol. The zero-order valence-corrected chi connectivity index (χ0v) is 15.7. The highest BCUT2D eigenvalue weighted by Crippen LogP contribution is 2.23. The third kappa shape index (κ3) is 4.29. The molecule has 2 aromatic carbocycles. The fourth-order valence-corrected chi connectivity index (χ4v) is 3.47. The Morgan fingerprint density at radius 1 is 1.18 bits per heavy atom. The van der Waals surface area contributed by atoms with E-state index in [1.807, 2.05) is 35.8 Å². The van der Waals surface area contributed by atoms with Crippen LogP contribution >= 0.6 is 11.8 Å². The van der Waals surface area contributed by atoms with Gasteiger partial charge in [0.05, 0.1) is 21.7 Å². The van der Waals surface area contributed by atoms with Gasteiger partial charge >= 0.3 is 0 Å². The molecule has 0 saturated heterocycles. The minimum atomic E-state index is -0.636. The molecule has 0 fully saturated rings. The number of aromatic nitrogens is 2. The molecule has 144 valence electrons. The first-order chi connectivity index (χ1) is 13.5. The normalized spacial score (nSPS) is 10.6. The Morgan fingerprint density at radius 2 is 1.96 bits per heavy atom. The first kappa shape index (κ1) is 19.4. The quantitative estimate of drug-likeness (QED) is 0.373. The van der Waals surface area contributed by atoms with Crippen LogP contribution in [0.1, 0.15) is 17.3 Å². The molecular formula is C18H17N5O4S. The lowest BCUT2D eigenvalue weighted by Gasteiger charge is -2.08. The highest BCUT2D eigenvalue weighted by atomic mass is 32.2. The summed E-state index contributed by atoms with van der Waals surface area (Å²) in [7, 11) is 0. The van der Waals surface area contributed by atoms with E-state index in [2.05, 4.69) is 15.8 Å². The number of nitro groups is 1. The molecule has 0 saturated carbocycles. The Balaban J connectivity index is 1.57. The number of hydrogen-bond donors (Lipinski definition) is 2. The maximum Gasteiger partial charge on any atom is 0.270 e. The van der Waals surface area contributed by atoms with Crippen LogP contribution in [0.15, 0.2) is 53.7 Å². The van der Waals surface area contributed by atoms with Crippen molar-refractivity contribution in [1.29, 1.82) is 0 Å². The highest BCUT2D eigenvalue weighted by molar-refractivity contribution is 7.99. The van der Waals surface area contributed by atoms with Gasteiger partial charge in [0.25, 0.3) is 11.6 Å². The van der Waals surface area contributed by atoms with Crippen molar-refractivity contribution in [2.75, 3.05) is 5.75 Å². The number of para-hydroxylation sites is 2. The van der Waals surface area contributed by atoms with Gasteiger partial charge in [-0.15, -0.1) is 0 Å². The number of nitrogens with one attached hydrogen (secondary N) is 2. The predicted octanol–water partition coefficient (Wildman–Crippen LogP) is 2.52. The summed E-state index contributed by atoms with van der Waals surface area (Å²) in [6, 6.07) is 13.0. The monoisotopic (exact) mass is 399 g/mol. The average Bonchev–Trinajstić information content (AvgIpc) is 3.08. The van der Waals surface area contributed by atoms with E-state index in [1.165, 1.54) is 30.0 Å². The Kier molecular flexibility index (Phi) is 5.90. The Morgan fingerprint density at radius 3 is 2.71 bits per heavy atom. The minimum absolute atomic E-state index is 0.0541. The number of hydrazine groups is 1. The molecule has 3 aromatic rings. The second kappa shape index (κ2) is 8.53. The van der Waals surface area contributed by atoms with Gasteiger partial charge in [-0.1, -0.05) is 30.0 Å². The molecule has 28 heavy (non-hydrogen) atoms. The summed E-state index contributed by atoms with van der Waals surface area (Å²) in [5.74, 6) is -1.00. The van der Waals surface area contributed by atoms with Crippen LogP contribution < -0.4 is 10.9 Å². The molecule has 2 N–H and O–H groups in total. The van der Waals surface area contributed by atoms with Crippen molar-refractivity contribution in [2.45, 2.75) is 18.6 Å². The topological polar surface area (TPSA) is 119 Å². The van der Waals surface area contributed by atoms with E-state index in [0.717, 1.165) is 17.1 Å². The number of benzene rings is 2. The number of hydrogen-bond acceptors (Lipinski definition) is 6. The lowest BCUT2D eigenvalue weighted by Crippen LogP contribution is -2.42. The van der Waals surface area contributed by atoms with Gasteiger partial charge in [-0.05, 0) is 25.1 Å². The van der Waals surface area contributed by atoms with Crippen molar-refractivity contribution < 1.29 is 14.5 Å². The fraction of sp³-hybridized carbons (Fsp3) is 0.167. The first-order valence-corrected chi connectivity index (χ1v) is 9.40. The Bertz CT molecular complexity index is 1050. The first-order valence-electron chi connectivity index (χ1n) is 8.41. The van der Waals surface area contributed by atoms with Crippen LogP contribution in [-0.2, 0) is 11.3 Å². The van der Waals surface area contributed by atoms with Crippen molar-refractivity contribution in [1.82, 2.24) is 20.4 Å². The van der Waals surface area contributed by atoms with Crippen LogP contribution in [0.25, 0.3) is 11.0 Å². The maximum absolute atomic E-state index is 12.1. The average molecular weight is 399 g/mol. The molecule has 1 heterocycles. The Labute approximate surface area is 164 Å². The number of imidazole rings is 1. The standard InChI is InChI=1S/C18H17N5O4S/c1-2-22-15-9-4-3-8-14(15)19-18(22)28-11-16(24)20-21-17(25)12-6-5-7-13(10-12)23(26)27/h3-10H,2,11H2,1H3,(H,20,24)(H,21,25).